The maximum Gasteiger partial charge on any atom is 0.407 e. The highest BCUT2D eigenvalue weighted by atomic mass is 16.5. The second-order valence-electron chi connectivity index (χ2n) is 7.54. The monoisotopic (exact) mass is 424 g/mol. The van der Waals surface area contributed by atoms with Crippen LogP contribution in [-0.2, 0) is 19.1 Å². The molecular weight excluding hydrogens is 396 g/mol. The van der Waals surface area contributed by atoms with E-state index < -0.39 is 24.0 Å². The van der Waals surface area contributed by atoms with Crippen molar-refractivity contribution in [3.05, 3.63) is 59.7 Å². The number of nitrogens with two attached hydrogens (primary N) is 1. The van der Waals surface area contributed by atoms with E-state index in [1.54, 1.807) is 0 Å². The molecule has 2 amide bonds. The van der Waals surface area contributed by atoms with Crippen LogP contribution in [0.5, 0.6) is 0 Å². The summed E-state index contributed by atoms with van der Waals surface area (Å²) in [6.45, 7) is 2.47. The zero-order chi connectivity index (χ0) is 22.2. The standard InChI is InChI=1S/C24H28N2O5/c1-2-3-14-30-22(27)13-12-21(23(25)28)26-24(29)31-15-20-18-10-6-4-8-16(18)17-9-5-7-11-19(17)20/h4-11,20-21H,2-3,12-15H2,1H3,(H2,25,28)(H,26,29)/t21-/m1/s1. The topological polar surface area (TPSA) is 108 Å². The van der Waals surface area contributed by atoms with Crippen molar-refractivity contribution in [2.45, 2.75) is 44.6 Å². The van der Waals surface area contributed by atoms with E-state index >= 15 is 0 Å². The van der Waals surface area contributed by atoms with Gasteiger partial charge in [-0.1, -0.05) is 61.9 Å². The van der Waals surface area contributed by atoms with Gasteiger partial charge in [0.1, 0.15) is 12.6 Å². The summed E-state index contributed by atoms with van der Waals surface area (Å²) in [5.41, 5.74) is 9.82. The van der Waals surface area contributed by atoms with Gasteiger partial charge >= 0.3 is 12.1 Å². The predicted octanol–water partition coefficient (Wildman–Crippen LogP) is 3.50. The van der Waals surface area contributed by atoms with Gasteiger partial charge in [-0.3, -0.25) is 9.59 Å². The first-order chi connectivity index (χ1) is 15.0. The summed E-state index contributed by atoms with van der Waals surface area (Å²) in [7, 11) is 0. The Morgan fingerprint density at radius 2 is 1.61 bits per heavy atom. The van der Waals surface area contributed by atoms with Crippen LogP contribution in [0.1, 0.15) is 49.7 Å². The number of primary amides is 1. The minimum atomic E-state index is -1.01. The molecule has 0 unspecified atom stereocenters. The lowest BCUT2D eigenvalue weighted by atomic mass is 9.98. The van der Waals surface area contributed by atoms with Crippen molar-refractivity contribution in [2.75, 3.05) is 13.2 Å². The van der Waals surface area contributed by atoms with E-state index in [1.165, 1.54) is 0 Å². The molecule has 2 aromatic rings. The molecule has 0 aromatic heterocycles. The number of nitrogens with one attached hydrogen (secondary N) is 1. The molecule has 0 bridgehead atoms. The molecule has 0 saturated carbocycles. The Morgan fingerprint density at radius 3 is 2.19 bits per heavy atom. The van der Waals surface area contributed by atoms with E-state index in [-0.39, 0.29) is 25.4 Å². The number of amides is 2. The Bertz CT molecular complexity index is 898. The van der Waals surface area contributed by atoms with Gasteiger partial charge in [0.05, 0.1) is 6.61 Å². The third kappa shape index (κ3) is 5.63. The third-order valence-electron chi connectivity index (χ3n) is 5.38. The maximum absolute atomic E-state index is 12.3. The van der Waals surface area contributed by atoms with Crippen LogP contribution < -0.4 is 11.1 Å². The summed E-state index contributed by atoms with van der Waals surface area (Å²) in [5, 5.41) is 2.47. The van der Waals surface area contributed by atoms with E-state index in [9.17, 15) is 14.4 Å². The van der Waals surface area contributed by atoms with Crippen molar-refractivity contribution < 1.29 is 23.9 Å². The zero-order valence-electron chi connectivity index (χ0n) is 17.6. The number of esters is 1. The van der Waals surface area contributed by atoms with Crippen LogP contribution in [0.4, 0.5) is 4.79 Å². The normalized spacial score (nSPS) is 13.1. The highest BCUT2D eigenvalue weighted by Crippen LogP contribution is 2.44. The molecule has 1 atom stereocenters. The summed E-state index contributed by atoms with van der Waals surface area (Å²) >= 11 is 0. The molecule has 3 rings (SSSR count). The van der Waals surface area contributed by atoms with Crippen LogP contribution >= 0.6 is 0 Å². The lowest BCUT2D eigenvalue weighted by Gasteiger charge is -2.18. The number of ether oxygens (including phenoxy) is 2. The van der Waals surface area contributed by atoms with E-state index in [4.69, 9.17) is 15.2 Å². The fourth-order valence-electron chi connectivity index (χ4n) is 3.73. The number of fused-ring (bicyclic) bond motifs is 3. The summed E-state index contributed by atoms with van der Waals surface area (Å²) < 4.78 is 10.5. The highest BCUT2D eigenvalue weighted by molar-refractivity contribution is 5.85. The first-order valence-electron chi connectivity index (χ1n) is 10.6. The quantitative estimate of drug-likeness (QED) is 0.448. The SMILES string of the molecule is CCCCOC(=O)CC[C@@H](NC(=O)OCC1c2ccccc2-c2ccccc21)C(N)=O. The molecule has 0 heterocycles. The summed E-state index contributed by atoms with van der Waals surface area (Å²) in [5.74, 6) is -1.23. The van der Waals surface area contributed by atoms with Crippen molar-refractivity contribution in [1.29, 1.82) is 0 Å². The average molecular weight is 424 g/mol. The molecule has 164 valence electrons. The van der Waals surface area contributed by atoms with E-state index in [2.05, 4.69) is 17.4 Å². The van der Waals surface area contributed by atoms with Crippen LogP contribution in [0.3, 0.4) is 0 Å². The molecule has 7 nitrogen and oxygen atoms in total. The van der Waals surface area contributed by atoms with Crippen LogP contribution in [0.25, 0.3) is 11.1 Å². The Balaban J connectivity index is 1.55. The Hall–Kier alpha value is -3.35. The lowest BCUT2D eigenvalue weighted by molar-refractivity contribution is -0.144. The van der Waals surface area contributed by atoms with Gasteiger partial charge in [0, 0.05) is 12.3 Å². The minimum absolute atomic E-state index is 0.0129. The van der Waals surface area contributed by atoms with Gasteiger partial charge in [0.25, 0.3) is 0 Å². The Kier molecular flexibility index (Phi) is 7.65. The van der Waals surface area contributed by atoms with Gasteiger partial charge in [-0.25, -0.2) is 4.79 Å². The van der Waals surface area contributed by atoms with Gasteiger partial charge in [0.2, 0.25) is 5.91 Å². The number of carbonyl (C=O) groups is 3. The number of benzene rings is 2. The number of unbranched alkanes of at least 4 members (excludes halogenated alkanes) is 1. The third-order valence-corrected chi connectivity index (χ3v) is 5.38. The second-order valence-corrected chi connectivity index (χ2v) is 7.54. The number of hydrogen-bond acceptors (Lipinski definition) is 5. The molecule has 0 spiro atoms. The first kappa shape index (κ1) is 22.3. The van der Waals surface area contributed by atoms with Crippen molar-refractivity contribution >= 4 is 18.0 Å². The molecule has 0 aliphatic heterocycles. The Labute approximate surface area is 181 Å². The Morgan fingerprint density at radius 1 is 1.00 bits per heavy atom. The van der Waals surface area contributed by atoms with Gasteiger partial charge in [-0.05, 0) is 35.1 Å². The van der Waals surface area contributed by atoms with E-state index in [1.807, 2.05) is 43.3 Å². The van der Waals surface area contributed by atoms with Gasteiger partial charge < -0.3 is 20.5 Å². The van der Waals surface area contributed by atoms with Crippen molar-refractivity contribution in [3.63, 3.8) is 0 Å². The molecule has 2 aromatic carbocycles. The van der Waals surface area contributed by atoms with Crippen molar-refractivity contribution in [1.82, 2.24) is 5.32 Å². The number of carbonyl (C=O) groups excluding carboxylic acids is 3. The number of hydrogen-bond donors (Lipinski definition) is 2. The largest absolute Gasteiger partial charge is 0.466 e. The fraction of sp³-hybridized carbons (Fsp3) is 0.375. The summed E-state index contributed by atoms with van der Waals surface area (Å²) in [4.78, 5) is 35.8. The molecule has 0 fully saturated rings. The van der Waals surface area contributed by atoms with Gasteiger partial charge in [-0.15, -0.1) is 0 Å². The molecule has 7 heteroatoms. The number of rotatable bonds is 10. The number of alkyl carbamates (subject to hydrolysis) is 1. The van der Waals surface area contributed by atoms with Crippen LogP contribution in [0.15, 0.2) is 48.5 Å². The van der Waals surface area contributed by atoms with Crippen molar-refractivity contribution in [2.24, 2.45) is 5.73 Å². The van der Waals surface area contributed by atoms with E-state index in [0.717, 1.165) is 35.1 Å². The van der Waals surface area contributed by atoms with E-state index in [0.29, 0.717) is 6.61 Å². The fourth-order valence-corrected chi connectivity index (χ4v) is 3.73. The van der Waals surface area contributed by atoms with Crippen LogP contribution in [0.2, 0.25) is 0 Å². The van der Waals surface area contributed by atoms with Gasteiger partial charge in [-0.2, -0.15) is 0 Å². The second kappa shape index (κ2) is 10.6. The summed E-state index contributed by atoms with van der Waals surface area (Å²) in [6.07, 6.45) is 1.000. The van der Waals surface area contributed by atoms with Crippen LogP contribution in [-0.4, -0.2) is 37.2 Å². The zero-order valence-corrected chi connectivity index (χ0v) is 17.6. The van der Waals surface area contributed by atoms with Gasteiger partial charge in [0.15, 0.2) is 0 Å². The first-order valence-corrected chi connectivity index (χ1v) is 10.6. The molecule has 1 aliphatic rings. The van der Waals surface area contributed by atoms with Crippen molar-refractivity contribution in [3.8, 4) is 11.1 Å². The predicted molar refractivity (Wildman–Crippen MR) is 116 cm³/mol. The average Bonchev–Trinajstić information content (AvgIpc) is 3.09. The smallest absolute Gasteiger partial charge is 0.407 e. The maximum atomic E-state index is 12.3. The highest BCUT2D eigenvalue weighted by Gasteiger charge is 2.29. The summed E-state index contributed by atoms with van der Waals surface area (Å²) in [6, 6.07) is 15.0. The minimum Gasteiger partial charge on any atom is -0.466 e. The molecule has 31 heavy (non-hydrogen) atoms. The lowest BCUT2D eigenvalue weighted by Crippen LogP contribution is -2.45. The molecular formula is C24H28N2O5. The molecule has 3 N–H and O–H groups in total. The molecule has 0 saturated heterocycles. The van der Waals surface area contributed by atoms with Crippen LogP contribution in [0, 0.1) is 0 Å². The molecule has 0 radical (unpaired) electrons. The molecule has 1 aliphatic carbocycles.